The molecular formula is C9H6N4O3S. The maximum Gasteiger partial charge on any atom is 0.299 e. The predicted molar refractivity (Wildman–Crippen MR) is 58.0 cm³/mol. The summed E-state index contributed by atoms with van der Waals surface area (Å²) in [6, 6.07) is 4.69. The van der Waals surface area contributed by atoms with Crippen LogP contribution in [0.2, 0.25) is 0 Å². The van der Waals surface area contributed by atoms with Gasteiger partial charge in [0.25, 0.3) is 5.09 Å². The van der Waals surface area contributed by atoms with Crippen molar-refractivity contribution in [3.63, 3.8) is 0 Å². The van der Waals surface area contributed by atoms with E-state index in [1.54, 1.807) is 24.5 Å². The van der Waals surface area contributed by atoms with E-state index in [2.05, 4.69) is 19.8 Å². The third-order valence-electron chi connectivity index (χ3n) is 1.64. The molecule has 0 saturated carbocycles. The van der Waals surface area contributed by atoms with Crippen LogP contribution in [0.4, 0.5) is 0 Å². The molecule has 0 atom stereocenters. The molecule has 0 radical (unpaired) electrons. The highest BCUT2D eigenvalue weighted by atomic mass is 32.2. The highest BCUT2D eigenvalue weighted by Gasteiger charge is 2.10. The smallest absolute Gasteiger partial charge is 0.273 e. The monoisotopic (exact) mass is 250 g/mol. The van der Waals surface area contributed by atoms with Gasteiger partial charge in [0.1, 0.15) is 5.03 Å². The van der Waals surface area contributed by atoms with Gasteiger partial charge in [-0.25, -0.2) is 15.0 Å². The lowest BCUT2D eigenvalue weighted by Gasteiger charge is -2.03. The van der Waals surface area contributed by atoms with E-state index in [1.807, 2.05) is 0 Å². The van der Waals surface area contributed by atoms with E-state index in [0.29, 0.717) is 10.2 Å². The Labute approximate surface area is 100.0 Å². The summed E-state index contributed by atoms with van der Waals surface area (Å²) in [4.78, 5) is 26.6. The van der Waals surface area contributed by atoms with E-state index in [4.69, 9.17) is 0 Å². The van der Waals surface area contributed by atoms with Crippen LogP contribution in [0.5, 0.6) is 5.75 Å². The van der Waals surface area contributed by atoms with E-state index in [1.165, 1.54) is 12.3 Å². The number of hydrogen-bond donors (Lipinski definition) is 0. The molecule has 2 heterocycles. The molecule has 0 aliphatic heterocycles. The SMILES string of the molecule is O=[N+]([O-])Oc1cccnc1Sc1ncccn1. The van der Waals surface area contributed by atoms with Crippen molar-refractivity contribution >= 4 is 11.8 Å². The van der Waals surface area contributed by atoms with Gasteiger partial charge in [-0.15, -0.1) is 10.1 Å². The fourth-order valence-corrected chi connectivity index (χ4v) is 1.75. The quantitative estimate of drug-likeness (QED) is 0.462. The van der Waals surface area contributed by atoms with Crippen LogP contribution in [0, 0.1) is 10.1 Å². The Morgan fingerprint density at radius 2 is 1.88 bits per heavy atom. The van der Waals surface area contributed by atoms with Gasteiger partial charge in [-0.1, -0.05) is 0 Å². The zero-order chi connectivity index (χ0) is 12.1. The first kappa shape index (κ1) is 11.3. The topological polar surface area (TPSA) is 91.0 Å². The predicted octanol–water partition coefficient (Wildman–Crippen LogP) is 1.59. The summed E-state index contributed by atoms with van der Waals surface area (Å²) >= 11 is 1.09. The average molecular weight is 250 g/mol. The van der Waals surface area contributed by atoms with Gasteiger partial charge in [-0.2, -0.15) is 0 Å². The van der Waals surface area contributed by atoms with Gasteiger partial charge in [0.15, 0.2) is 10.9 Å². The Balaban J connectivity index is 2.23. The van der Waals surface area contributed by atoms with Crippen LogP contribution < -0.4 is 4.84 Å². The van der Waals surface area contributed by atoms with Crippen LogP contribution in [0.3, 0.4) is 0 Å². The highest BCUT2D eigenvalue weighted by molar-refractivity contribution is 7.99. The van der Waals surface area contributed by atoms with Gasteiger partial charge >= 0.3 is 0 Å². The molecule has 0 saturated heterocycles. The minimum absolute atomic E-state index is 0.0648. The van der Waals surface area contributed by atoms with Crippen molar-refractivity contribution in [3.8, 4) is 5.75 Å². The van der Waals surface area contributed by atoms with E-state index < -0.39 is 5.09 Å². The van der Waals surface area contributed by atoms with Crippen LogP contribution >= 0.6 is 11.8 Å². The van der Waals surface area contributed by atoms with Crippen molar-refractivity contribution in [2.75, 3.05) is 0 Å². The first-order chi connectivity index (χ1) is 8.25. The summed E-state index contributed by atoms with van der Waals surface area (Å²) in [5.41, 5.74) is 0. The molecule has 0 unspecified atom stereocenters. The molecular weight excluding hydrogens is 244 g/mol. The summed E-state index contributed by atoms with van der Waals surface area (Å²) in [5, 5.41) is 10.2. The third-order valence-corrected chi connectivity index (χ3v) is 2.53. The second kappa shape index (κ2) is 5.21. The summed E-state index contributed by atoms with van der Waals surface area (Å²) in [6.45, 7) is 0. The van der Waals surface area contributed by atoms with Crippen LogP contribution in [-0.4, -0.2) is 20.0 Å². The first-order valence-corrected chi connectivity index (χ1v) is 5.29. The largest absolute Gasteiger partial charge is 0.299 e. The zero-order valence-corrected chi connectivity index (χ0v) is 9.20. The van der Waals surface area contributed by atoms with Crippen molar-refractivity contribution < 1.29 is 9.92 Å². The summed E-state index contributed by atoms with van der Waals surface area (Å²) < 4.78 is 0. The fourth-order valence-electron chi connectivity index (χ4n) is 1.03. The minimum Gasteiger partial charge on any atom is -0.273 e. The summed E-state index contributed by atoms with van der Waals surface area (Å²) in [5.74, 6) is 0.0648. The van der Waals surface area contributed by atoms with E-state index in [-0.39, 0.29) is 5.75 Å². The molecule has 0 aliphatic carbocycles. The van der Waals surface area contributed by atoms with Gasteiger partial charge < -0.3 is 0 Å². The molecule has 0 bridgehead atoms. The number of pyridine rings is 1. The molecule has 8 heteroatoms. The number of aromatic nitrogens is 3. The van der Waals surface area contributed by atoms with Crippen LogP contribution in [-0.2, 0) is 0 Å². The number of rotatable bonds is 4. The highest BCUT2D eigenvalue weighted by Crippen LogP contribution is 2.30. The van der Waals surface area contributed by atoms with Crippen molar-refractivity contribution in [2.24, 2.45) is 0 Å². The third kappa shape index (κ3) is 3.11. The van der Waals surface area contributed by atoms with Crippen molar-refractivity contribution in [3.05, 3.63) is 46.9 Å². The van der Waals surface area contributed by atoms with Gasteiger partial charge in [-0.05, 0) is 30.0 Å². The van der Waals surface area contributed by atoms with E-state index >= 15 is 0 Å². The first-order valence-electron chi connectivity index (χ1n) is 4.48. The number of hydrogen-bond acceptors (Lipinski definition) is 7. The van der Waals surface area contributed by atoms with Crippen molar-refractivity contribution in [1.82, 2.24) is 15.0 Å². The normalized spacial score (nSPS) is 9.88. The average Bonchev–Trinajstić information content (AvgIpc) is 2.32. The van der Waals surface area contributed by atoms with E-state index in [0.717, 1.165) is 11.8 Å². The zero-order valence-electron chi connectivity index (χ0n) is 8.39. The fraction of sp³-hybridized carbons (Fsp3) is 0. The molecule has 2 aromatic rings. The van der Waals surface area contributed by atoms with Crippen molar-refractivity contribution in [1.29, 1.82) is 0 Å². The lowest BCUT2D eigenvalue weighted by atomic mass is 10.5. The molecule has 0 amide bonds. The lowest BCUT2D eigenvalue weighted by Crippen LogP contribution is -2.05. The Kier molecular flexibility index (Phi) is 3.46. The van der Waals surface area contributed by atoms with Crippen molar-refractivity contribution in [2.45, 2.75) is 10.2 Å². The molecule has 0 fully saturated rings. The Morgan fingerprint density at radius 1 is 1.18 bits per heavy atom. The van der Waals surface area contributed by atoms with Crippen LogP contribution in [0.25, 0.3) is 0 Å². The molecule has 0 aromatic carbocycles. The van der Waals surface area contributed by atoms with Gasteiger partial charge in [0.2, 0.25) is 0 Å². The van der Waals surface area contributed by atoms with Crippen LogP contribution in [0.1, 0.15) is 0 Å². The standard InChI is InChI=1S/C9H6N4O3S/c14-13(15)16-7-3-1-4-10-8(7)17-9-11-5-2-6-12-9/h1-6H. The molecule has 0 N–H and O–H groups in total. The molecule has 0 aliphatic rings. The summed E-state index contributed by atoms with van der Waals surface area (Å²) in [6.07, 6.45) is 4.66. The summed E-state index contributed by atoms with van der Waals surface area (Å²) in [7, 11) is 0. The molecule has 2 rings (SSSR count). The minimum atomic E-state index is -0.882. The molecule has 2 aromatic heterocycles. The number of nitrogens with zero attached hydrogens (tertiary/aromatic N) is 4. The Bertz CT molecular complexity index is 523. The molecule has 7 nitrogen and oxygen atoms in total. The molecule has 17 heavy (non-hydrogen) atoms. The Morgan fingerprint density at radius 3 is 2.59 bits per heavy atom. The Hall–Kier alpha value is -2.22. The maximum atomic E-state index is 10.3. The van der Waals surface area contributed by atoms with E-state index in [9.17, 15) is 10.1 Å². The molecule has 0 spiro atoms. The molecule has 86 valence electrons. The van der Waals surface area contributed by atoms with Gasteiger partial charge in [0, 0.05) is 18.6 Å². The maximum absolute atomic E-state index is 10.3. The van der Waals surface area contributed by atoms with Crippen LogP contribution in [0.15, 0.2) is 47.0 Å². The van der Waals surface area contributed by atoms with Gasteiger partial charge in [0.05, 0.1) is 0 Å². The van der Waals surface area contributed by atoms with Gasteiger partial charge in [-0.3, -0.25) is 4.84 Å². The lowest BCUT2D eigenvalue weighted by molar-refractivity contribution is -0.711. The second-order valence-corrected chi connectivity index (χ2v) is 3.71. The second-order valence-electron chi connectivity index (χ2n) is 2.76.